The third-order valence-electron chi connectivity index (χ3n) is 5.93. The first kappa shape index (κ1) is 24.8. The monoisotopic (exact) mass is 552 g/mol. The van der Waals surface area contributed by atoms with Gasteiger partial charge in [0.2, 0.25) is 5.88 Å². The number of ether oxygens (including phenoxy) is 4. The Kier molecular flexibility index (Phi) is 6.61. The lowest BCUT2D eigenvalue weighted by Gasteiger charge is -2.27. The Balaban J connectivity index is 1.51. The standard InChI is InChI=1S/C27H18Cl2N2O5S/c1-33-14-4-7-16(20(10-14)34-2)23-17-8-5-15(11-21(17)36-26(31)19(23)12-30)35-27(32)25-24(29)18-6-3-13(28)9-22(18)37-25/h3-11,23H,31H2,1-2H3. The number of rotatable bonds is 5. The van der Waals surface area contributed by atoms with Crippen LogP contribution in [-0.2, 0) is 0 Å². The first-order chi connectivity index (χ1) is 17.8. The number of thiophene rings is 1. The minimum absolute atomic E-state index is 0.0502. The van der Waals surface area contributed by atoms with E-state index < -0.39 is 11.9 Å². The number of benzene rings is 3. The minimum atomic E-state index is -0.618. The highest BCUT2D eigenvalue weighted by Gasteiger charge is 2.33. The number of nitrogens with two attached hydrogens (primary N) is 1. The van der Waals surface area contributed by atoms with Crippen LogP contribution in [0.5, 0.6) is 23.0 Å². The van der Waals surface area contributed by atoms with Crippen LogP contribution in [0.25, 0.3) is 10.1 Å². The number of fused-ring (bicyclic) bond motifs is 2. The van der Waals surface area contributed by atoms with Gasteiger partial charge in [-0.05, 0) is 24.3 Å². The summed E-state index contributed by atoms with van der Waals surface area (Å²) in [5, 5.41) is 11.4. The highest BCUT2D eigenvalue weighted by atomic mass is 35.5. The smallest absolute Gasteiger partial charge is 0.355 e. The van der Waals surface area contributed by atoms with Gasteiger partial charge >= 0.3 is 5.97 Å². The second kappa shape index (κ2) is 9.87. The topological polar surface area (TPSA) is 104 Å². The maximum Gasteiger partial charge on any atom is 0.355 e. The van der Waals surface area contributed by atoms with Crippen LogP contribution >= 0.6 is 34.5 Å². The van der Waals surface area contributed by atoms with E-state index in [1.165, 1.54) is 18.4 Å². The highest BCUT2D eigenvalue weighted by molar-refractivity contribution is 7.21. The number of hydrogen-bond donors (Lipinski definition) is 1. The number of allylic oxidation sites excluding steroid dienone is 1. The van der Waals surface area contributed by atoms with E-state index in [0.717, 1.165) is 10.1 Å². The number of carbonyl (C=O) groups excluding carboxylic acids is 1. The largest absolute Gasteiger partial charge is 0.497 e. The summed E-state index contributed by atoms with van der Waals surface area (Å²) in [6.45, 7) is 0. The normalized spacial score (nSPS) is 14.5. The zero-order chi connectivity index (χ0) is 26.3. The zero-order valence-electron chi connectivity index (χ0n) is 19.5. The molecule has 2 N–H and O–H groups in total. The van der Waals surface area contributed by atoms with Crippen molar-refractivity contribution in [1.29, 1.82) is 5.26 Å². The number of carbonyl (C=O) groups is 1. The average molecular weight is 553 g/mol. The molecular weight excluding hydrogens is 535 g/mol. The lowest BCUT2D eigenvalue weighted by atomic mass is 9.83. The van der Waals surface area contributed by atoms with Crippen LogP contribution in [0.2, 0.25) is 10.0 Å². The van der Waals surface area contributed by atoms with Crippen LogP contribution in [0.15, 0.2) is 66.1 Å². The van der Waals surface area contributed by atoms with Crippen molar-refractivity contribution < 1.29 is 23.7 Å². The molecule has 0 bridgehead atoms. The van der Waals surface area contributed by atoms with Crippen molar-refractivity contribution >= 4 is 50.6 Å². The number of nitrogens with zero attached hydrogens (tertiary/aromatic N) is 1. The van der Waals surface area contributed by atoms with E-state index in [2.05, 4.69) is 6.07 Å². The van der Waals surface area contributed by atoms with Gasteiger partial charge in [-0.3, -0.25) is 0 Å². The first-order valence-corrected chi connectivity index (χ1v) is 12.4. The fraction of sp³-hybridized carbons (Fsp3) is 0.111. The average Bonchev–Trinajstić information content (AvgIpc) is 3.22. The fourth-order valence-corrected chi connectivity index (χ4v) is 5.86. The van der Waals surface area contributed by atoms with Crippen LogP contribution in [0.3, 0.4) is 0 Å². The van der Waals surface area contributed by atoms with Crippen LogP contribution in [0.1, 0.15) is 26.7 Å². The van der Waals surface area contributed by atoms with Crippen molar-refractivity contribution in [3.63, 3.8) is 0 Å². The second-order valence-electron chi connectivity index (χ2n) is 8.01. The van der Waals surface area contributed by atoms with Crippen molar-refractivity contribution in [1.82, 2.24) is 0 Å². The van der Waals surface area contributed by atoms with Gasteiger partial charge in [0, 0.05) is 38.4 Å². The molecule has 1 atom stereocenters. The van der Waals surface area contributed by atoms with E-state index in [9.17, 15) is 10.1 Å². The minimum Gasteiger partial charge on any atom is -0.497 e. The summed E-state index contributed by atoms with van der Waals surface area (Å²) < 4.78 is 23.0. The van der Waals surface area contributed by atoms with Crippen molar-refractivity contribution in [2.45, 2.75) is 5.92 Å². The molecule has 1 aliphatic heterocycles. The van der Waals surface area contributed by atoms with Crippen LogP contribution < -0.4 is 24.7 Å². The molecule has 3 aromatic carbocycles. The highest BCUT2D eigenvalue weighted by Crippen LogP contribution is 2.47. The Morgan fingerprint density at radius 3 is 2.51 bits per heavy atom. The predicted octanol–water partition coefficient (Wildman–Crippen LogP) is 6.66. The Morgan fingerprint density at radius 1 is 1.03 bits per heavy atom. The molecule has 1 unspecified atom stereocenters. The summed E-state index contributed by atoms with van der Waals surface area (Å²) in [6.07, 6.45) is 0. The molecule has 37 heavy (non-hydrogen) atoms. The van der Waals surface area contributed by atoms with Gasteiger partial charge in [0.15, 0.2) is 0 Å². The maximum atomic E-state index is 13.0. The van der Waals surface area contributed by atoms with Gasteiger partial charge in [-0.2, -0.15) is 5.26 Å². The number of nitriles is 1. The molecule has 0 amide bonds. The molecule has 1 aromatic heterocycles. The Labute approximate surface area is 226 Å². The summed E-state index contributed by atoms with van der Waals surface area (Å²) in [5.74, 6) is 0.461. The summed E-state index contributed by atoms with van der Waals surface area (Å²) >= 11 is 13.7. The number of esters is 1. The second-order valence-corrected chi connectivity index (χ2v) is 9.87. The third-order valence-corrected chi connectivity index (χ3v) is 7.80. The van der Waals surface area contributed by atoms with Gasteiger partial charge in [-0.15, -0.1) is 11.3 Å². The molecule has 0 saturated carbocycles. The lowest BCUT2D eigenvalue weighted by molar-refractivity contribution is 0.0740. The summed E-state index contributed by atoms with van der Waals surface area (Å²) in [7, 11) is 3.09. The molecular formula is C27H18Cl2N2O5S. The molecule has 4 aromatic rings. The lowest BCUT2D eigenvalue weighted by Crippen LogP contribution is -2.21. The van der Waals surface area contributed by atoms with Crippen molar-refractivity contribution in [3.8, 4) is 29.1 Å². The third kappa shape index (κ3) is 4.42. The van der Waals surface area contributed by atoms with Crippen LogP contribution in [0, 0.1) is 11.3 Å². The number of methoxy groups -OCH3 is 2. The molecule has 0 aliphatic carbocycles. The molecule has 10 heteroatoms. The van der Waals surface area contributed by atoms with Gasteiger partial charge in [0.1, 0.15) is 39.5 Å². The van der Waals surface area contributed by atoms with Crippen LogP contribution in [0.4, 0.5) is 0 Å². The van der Waals surface area contributed by atoms with Crippen molar-refractivity contribution in [3.05, 3.63) is 92.1 Å². The fourth-order valence-electron chi connectivity index (χ4n) is 4.20. The SMILES string of the molecule is COc1ccc(C2C(C#N)=C(N)Oc3cc(OC(=O)c4sc5cc(Cl)ccc5c4Cl)ccc32)c(OC)c1. The first-order valence-electron chi connectivity index (χ1n) is 10.9. The van der Waals surface area contributed by atoms with Crippen molar-refractivity contribution in [2.24, 2.45) is 5.73 Å². The number of hydrogen-bond acceptors (Lipinski definition) is 8. The summed E-state index contributed by atoms with van der Waals surface area (Å²) in [4.78, 5) is 13.2. The Hall–Kier alpha value is -3.90. The summed E-state index contributed by atoms with van der Waals surface area (Å²) in [6, 6.07) is 17.6. The molecule has 7 nitrogen and oxygen atoms in total. The van der Waals surface area contributed by atoms with Gasteiger partial charge in [-0.1, -0.05) is 41.4 Å². The van der Waals surface area contributed by atoms with Gasteiger partial charge in [-0.25, -0.2) is 4.79 Å². The molecule has 186 valence electrons. The molecule has 1 aliphatic rings. The quantitative estimate of drug-likeness (QED) is 0.218. The predicted molar refractivity (Wildman–Crippen MR) is 142 cm³/mol. The van der Waals surface area contributed by atoms with Gasteiger partial charge in [0.25, 0.3) is 0 Å². The van der Waals surface area contributed by atoms with Gasteiger partial charge in [0.05, 0.1) is 25.2 Å². The zero-order valence-corrected chi connectivity index (χ0v) is 21.8. The Bertz CT molecular complexity index is 1640. The molecule has 0 radical (unpaired) electrons. The van der Waals surface area contributed by atoms with E-state index >= 15 is 0 Å². The van der Waals surface area contributed by atoms with Crippen molar-refractivity contribution in [2.75, 3.05) is 14.2 Å². The Morgan fingerprint density at radius 2 is 1.78 bits per heavy atom. The summed E-state index contributed by atoms with van der Waals surface area (Å²) in [5.41, 5.74) is 7.72. The van der Waals surface area contributed by atoms with Gasteiger partial charge < -0.3 is 24.7 Å². The van der Waals surface area contributed by atoms with E-state index in [1.807, 2.05) is 6.07 Å². The molecule has 5 rings (SSSR count). The molecule has 0 saturated heterocycles. The molecule has 0 spiro atoms. The van der Waals surface area contributed by atoms with E-state index in [1.54, 1.807) is 55.6 Å². The van der Waals surface area contributed by atoms with Crippen LogP contribution in [-0.4, -0.2) is 20.2 Å². The van der Waals surface area contributed by atoms with E-state index in [4.69, 9.17) is 47.9 Å². The van der Waals surface area contributed by atoms with E-state index in [-0.39, 0.29) is 22.1 Å². The maximum absolute atomic E-state index is 13.0. The number of halogens is 2. The molecule has 2 heterocycles. The van der Waals surface area contributed by atoms with E-state index in [0.29, 0.717) is 38.4 Å². The molecule has 0 fully saturated rings.